The number of nitrogens with one attached hydrogen (secondary N) is 1. The van der Waals surface area contributed by atoms with Crippen LogP contribution < -0.4 is 10.1 Å². The number of fused-ring (bicyclic) bond motifs is 1. The van der Waals surface area contributed by atoms with E-state index in [1.165, 1.54) is 12.1 Å². The average molecular weight is 428 g/mol. The Kier molecular flexibility index (Phi) is 4.88. The number of imide groups is 1. The molecule has 3 aromatic rings. The molecule has 3 amide bonds. The molecular formula is C23H19F3N2O3. The predicted molar refractivity (Wildman–Crippen MR) is 108 cm³/mol. The highest BCUT2D eigenvalue weighted by Gasteiger charge is 2.49. The summed E-state index contributed by atoms with van der Waals surface area (Å²) < 4.78 is 44.2. The zero-order valence-corrected chi connectivity index (χ0v) is 16.8. The summed E-state index contributed by atoms with van der Waals surface area (Å²) in [6, 6.07) is 14.8. The summed E-state index contributed by atoms with van der Waals surface area (Å²) in [4.78, 5) is 26.7. The van der Waals surface area contributed by atoms with Gasteiger partial charge in [-0.1, -0.05) is 30.3 Å². The van der Waals surface area contributed by atoms with Crippen molar-refractivity contribution in [1.82, 2.24) is 10.2 Å². The van der Waals surface area contributed by atoms with Gasteiger partial charge in [-0.25, -0.2) is 4.79 Å². The summed E-state index contributed by atoms with van der Waals surface area (Å²) in [5.74, 6) is 0.173. The number of hydrogen-bond acceptors (Lipinski definition) is 3. The highest BCUT2D eigenvalue weighted by Crippen LogP contribution is 2.34. The number of benzene rings is 3. The van der Waals surface area contributed by atoms with Crippen LogP contribution >= 0.6 is 0 Å². The van der Waals surface area contributed by atoms with Crippen molar-refractivity contribution in [2.45, 2.75) is 25.2 Å². The summed E-state index contributed by atoms with van der Waals surface area (Å²) in [5, 5.41) is 4.46. The van der Waals surface area contributed by atoms with E-state index in [0.29, 0.717) is 11.3 Å². The normalized spacial score (nSPS) is 19.1. The number of rotatable bonds is 4. The number of nitrogens with zero attached hydrogens (tertiary/aromatic N) is 1. The quantitative estimate of drug-likeness (QED) is 0.606. The van der Waals surface area contributed by atoms with Crippen LogP contribution in [0.15, 0.2) is 60.7 Å². The second-order valence-corrected chi connectivity index (χ2v) is 7.57. The Hall–Kier alpha value is -3.55. The third-order valence-electron chi connectivity index (χ3n) is 5.49. The van der Waals surface area contributed by atoms with E-state index in [1.54, 1.807) is 32.2 Å². The van der Waals surface area contributed by atoms with Gasteiger partial charge in [0.15, 0.2) is 0 Å². The molecule has 8 heteroatoms. The minimum Gasteiger partial charge on any atom is -0.497 e. The largest absolute Gasteiger partial charge is 0.497 e. The molecule has 0 aromatic heterocycles. The number of carbonyl (C=O) groups excluding carboxylic acids is 2. The van der Waals surface area contributed by atoms with Crippen LogP contribution in [-0.4, -0.2) is 23.9 Å². The van der Waals surface area contributed by atoms with Crippen LogP contribution in [-0.2, 0) is 23.1 Å². The van der Waals surface area contributed by atoms with Crippen molar-refractivity contribution < 1.29 is 27.5 Å². The van der Waals surface area contributed by atoms with Crippen LogP contribution in [0.25, 0.3) is 10.8 Å². The van der Waals surface area contributed by atoms with E-state index in [4.69, 9.17) is 4.74 Å². The number of ether oxygens (including phenoxy) is 1. The first-order valence-corrected chi connectivity index (χ1v) is 9.50. The maximum absolute atomic E-state index is 13.2. The fraction of sp³-hybridized carbons (Fsp3) is 0.217. The van der Waals surface area contributed by atoms with Crippen molar-refractivity contribution in [3.8, 4) is 5.75 Å². The lowest BCUT2D eigenvalue weighted by Crippen LogP contribution is -2.40. The summed E-state index contributed by atoms with van der Waals surface area (Å²) in [6.45, 7) is 1.33. The topological polar surface area (TPSA) is 58.6 Å². The fourth-order valence-electron chi connectivity index (χ4n) is 3.73. The summed E-state index contributed by atoms with van der Waals surface area (Å²) in [7, 11) is 1.57. The summed E-state index contributed by atoms with van der Waals surface area (Å²) >= 11 is 0. The molecular weight excluding hydrogens is 409 g/mol. The van der Waals surface area contributed by atoms with Crippen molar-refractivity contribution in [1.29, 1.82) is 0 Å². The maximum Gasteiger partial charge on any atom is 0.416 e. The number of urea groups is 1. The van der Waals surface area contributed by atoms with E-state index < -0.39 is 29.2 Å². The van der Waals surface area contributed by atoms with E-state index in [9.17, 15) is 22.8 Å². The first kappa shape index (κ1) is 20.7. The van der Waals surface area contributed by atoms with E-state index in [-0.39, 0.29) is 12.1 Å². The monoisotopic (exact) mass is 428 g/mol. The molecule has 0 saturated carbocycles. The molecule has 1 fully saturated rings. The van der Waals surface area contributed by atoms with Crippen LogP contribution in [0.5, 0.6) is 5.75 Å². The SMILES string of the molecule is COc1ccc2cc([C@@]3(C)NC(=O)N(Cc4cccc(C(F)(F)F)c4)C3=O)ccc2c1. The Morgan fingerprint density at radius 2 is 1.71 bits per heavy atom. The molecule has 0 aliphatic carbocycles. The summed E-state index contributed by atoms with van der Waals surface area (Å²) in [5.41, 5.74) is -1.36. The van der Waals surface area contributed by atoms with Gasteiger partial charge in [-0.15, -0.1) is 0 Å². The molecule has 0 unspecified atom stereocenters. The van der Waals surface area contributed by atoms with Gasteiger partial charge in [0.05, 0.1) is 19.2 Å². The van der Waals surface area contributed by atoms with Crippen molar-refractivity contribution in [3.05, 3.63) is 77.4 Å². The molecule has 1 atom stereocenters. The van der Waals surface area contributed by atoms with E-state index in [2.05, 4.69) is 5.32 Å². The lowest BCUT2D eigenvalue weighted by Gasteiger charge is -2.23. The van der Waals surface area contributed by atoms with Crippen molar-refractivity contribution in [3.63, 3.8) is 0 Å². The lowest BCUT2D eigenvalue weighted by atomic mass is 9.90. The number of carbonyl (C=O) groups is 2. The number of alkyl halides is 3. The minimum absolute atomic E-state index is 0.216. The van der Waals surface area contributed by atoms with Gasteiger partial charge in [-0.05, 0) is 59.2 Å². The van der Waals surface area contributed by atoms with Crippen LogP contribution in [0, 0.1) is 0 Å². The molecule has 1 heterocycles. The van der Waals surface area contributed by atoms with Gasteiger partial charge in [-0.3, -0.25) is 9.69 Å². The van der Waals surface area contributed by atoms with Gasteiger partial charge >= 0.3 is 12.2 Å². The summed E-state index contributed by atoms with van der Waals surface area (Å²) in [6.07, 6.45) is -4.50. The molecule has 3 aromatic carbocycles. The van der Waals surface area contributed by atoms with Gasteiger partial charge in [-0.2, -0.15) is 13.2 Å². The van der Waals surface area contributed by atoms with Crippen molar-refractivity contribution >= 4 is 22.7 Å². The van der Waals surface area contributed by atoms with Crippen molar-refractivity contribution in [2.75, 3.05) is 7.11 Å². The second kappa shape index (κ2) is 7.30. The highest BCUT2D eigenvalue weighted by atomic mass is 19.4. The highest BCUT2D eigenvalue weighted by molar-refractivity contribution is 6.07. The predicted octanol–water partition coefficient (Wildman–Crippen LogP) is 4.83. The Labute approximate surface area is 176 Å². The average Bonchev–Trinajstić information content (AvgIpc) is 2.96. The zero-order valence-electron chi connectivity index (χ0n) is 16.8. The molecule has 1 aliphatic rings. The number of methoxy groups -OCH3 is 1. The van der Waals surface area contributed by atoms with Gasteiger partial charge in [0.2, 0.25) is 0 Å². The molecule has 1 saturated heterocycles. The van der Waals surface area contributed by atoms with Crippen LogP contribution in [0.4, 0.5) is 18.0 Å². The standard InChI is InChI=1S/C23H19F3N2O3/c1-22(17-8-6-16-12-19(31-2)9-7-15(16)11-17)20(29)28(21(30)27-22)13-14-4-3-5-18(10-14)23(24,25)26/h3-12H,13H2,1-2H3,(H,27,30)/t22-/m1/s1. The van der Waals surface area contributed by atoms with Gasteiger partial charge in [0.25, 0.3) is 5.91 Å². The van der Waals surface area contributed by atoms with Crippen molar-refractivity contribution in [2.24, 2.45) is 0 Å². The van der Waals surface area contributed by atoms with E-state index in [1.807, 2.05) is 18.2 Å². The molecule has 0 spiro atoms. The fourth-order valence-corrected chi connectivity index (χ4v) is 3.73. The molecule has 5 nitrogen and oxygen atoms in total. The van der Waals surface area contributed by atoms with Gasteiger partial charge in [0, 0.05) is 0 Å². The third-order valence-corrected chi connectivity index (χ3v) is 5.49. The number of amides is 3. The van der Waals surface area contributed by atoms with Crippen LogP contribution in [0.2, 0.25) is 0 Å². The molecule has 0 radical (unpaired) electrons. The van der Waals surface area contributed by atoms with Gasteiger partial charge < -0.3 is 10.1 Å². The third kappa shape index (κ3) is 3.69. The number of halogens is 3. The van der Waals surface area contributed by atoms with Gasteiger partial charge in [0.1, 0.15) is 11.3 Å². The Morgan fingerprint density at radius 3 is 2.42 bits per heavy atom. The second-order valence-electron chi connectivity index (χ2n) is 7.57. The Balaban J connectivity index is 1.63. The number of hydrogen-bond donors (Lipinski definition) is 1. The smallest absolute Gasteiger partial charge is 0.416 e. The van der Waals surface area contributed by atoms with Crippen LogP contribution in [0.3, 0.4) is 0 Å². The Morgan fingerprint density at radius 1 is 1.00 bits per heavy atom. The van der Waals surface area contributed by atoms with Crippen LogP contribution in [0.1, 0.15) is 23.6 Å². The molecule has 160 valence electrons. The maximum atomic E-state index is 13.2. The first-order valence-electron chi connectivity index (χ1n) is 9.50. The zero-order chi connectivity index (χ0) is 22.4. The lowest BCUT2D eigenvalue weighted by molar-refractivity contribution is -0.137. The molecule has 0 bridgehead atoms. The Bertz CT molecular complexity index is 1190. The van der Waals surface area contributed by atoms with E-state index in [0.717, 1.165) is 27.8 Å². The first-order chi connectivity index (χ1) is 14.6. The molecule has 31 heavy (non-hydrogen) atoms. The molecule has 4 rings (SSSR count). The molecule has 1 N–H and O–H groups in total. The van der Waals surface area contributed by atoms with E-state index >= 15 is 0 Å². The minimum atomic E-state index is -4.50. The molecule has 1 aliphatic heterocycles.